The van der Waals surface area contributed by atoms with Crippen LogP contribution in [-0.2, 0) is 39.7 Å². The molecule has 0 aliphatic carbocycles. The maximum Gasteiger partial charge on any atom is 2.00 e. The first-order valence-corrected chi connectivity index (χ1v) is 12.5. The largest absolute Gasteiger partial charge is 2.00 e. The van der Waals surface area contributed by atoms with Crippen molar-refractivity contribution in [3.8, 4) is 0 Å². The van der Waals surface area contributed by atoms with Crippen molar-refractivity contribution in [2.75, 3.05) is 10.6 Å². The summed E-state index contributed by atoms with van der Waals surface area (Å²) in [5, 5.41) is 24.2. The Morgan fingerprint density at radius 2 is 0.884 bits per heavy atom. The molecule has 2 aromatic heterocycles. The molecule has 0 amide bonds. The van der Waals surface area contributed by atoms with Crippen LogP contribution in [0.15, 0.2) is 128 Å². The number of aliphatic carboxylic acids is 2. The molecule has 43 heavy (non-hydrogen) atoms. The molecule has 0 bridgehead atoms. The molecule has 0 unspecified atom stereocenters. The second kappa shape index (κ2) is 15.5. The second-order valence-electron chi connectivity index (χ2n) is 8.50. The Morgan fingerprint density at radius 3 is 1.23 bits per heavy atom. The number of benzene rings is 4. The molecule has 2 heterocycles. The number of nitrogens with one attached hydrogen (secondary N) is 2. The van der Waals surface area contributed by atoms with Crippen LogP contribution in [0.3, 0.4) is 0 Å². The molecule has 12 nitrogen and oxygen atoms in total. The van der Waals surface area contributed by atoms with Gasteiger partial charge in [-0.05, 0) is 48.5 Å². The van der Waals surface area contributed by atoms with Crippen molar-refractivity contribution in [3.05, 3.63) is 130 Å². The summed E-state index contributed by atoms with van der Waals surface area (Å²) in [6.45, 7) is 0.777. The normalized spacial score (nSPS) is 9.95. The minimum Gasteiger partial charge on any atom is -0.543 e. The van der Waals surface area contributed by atoms with E-state index in [4.69, 9.17) is 28.6 Å². The number of hydrogen-bond donors (Lipinski definition) is 2. The third kappa shape index (κ3) is 8.72. The zero-order valence-electron chi connectivity index (χ0n) is 22.3. The molecule has 0 saturated heterocycles. The number of oxazole rings is 2. The van der Waals surface area contributed by atoms with Crippen molar-refractivity contribution in [2.24, 2.45) is 0 Å². The third-order valence-electron chi connectivity index (χ3n) is 5.74. The van der Waals surface area contributed by atoms with Crippen molar-refractivity contribution >= 4 is 45.5 Å². The number of carbonyl (C=O) groups is 2. The SMILES string of the molecule is O=C([O-])C(=O)[O-].O=c1oc2ccccc2n1CNc1ccccc1.O=c1oc2ccccc2n1CNc1ccccc1.[Co+2]. The van der Waals surface area contributed by atoms with Crippen molar-refractivity contribution in [1.29, 1.82) is 0 Å². The van der Waals surface area contributed by atoms with Crippen LogP contribution in [0.4, 0.5) is 11.4 Å². The monoisotopic (exact) mass is 627 g/mol. The average Bonchev–Trinajstić information content (AvgIpc) is 3.51. The average molecular weight is 627 g/mol. The van der Waals surface area contributed by atoms with Gasteiger partial charge in [0.05, 0.1) is 36.3 Å². The number of nitrogens with zero attached hydrogens (tertiary/aromatic N) is 2. The van der Waals surface area contributed by atoms with Gasteiger partial charge in [0.2, 0.25) is 0 Å². The van der Waals surface area contributed by atoms with Gasteiger partial charge in [-0.15, -0.1) is 0 Å². The number of hydrogen-bond acceptors (Lipinski definition) is 10. The maximum atomic E-state index is 11.7. The molecule has 0 fully saturated rings. The minimum atomic E-state index is -2.19. The van der Waals surface area contributed by atoms with Crippen LogP contribution in [-0.4, -0.2) is 21.1 Å². The summed E-state index contributed by atoms with van der Waals surface area (Å²) >= 11 is 0. The van der Waals surface area contributed by atoms with Crippen molar-refractivity contribution in [3.63, 3.8) is 0 Å². The van der Waals surface area contributed by atoms with Crippen LogP contribution in [0.25, 0.3) is 22.2 Å². The van der Waals surface area contributed by atoms with Gasteiger partial charge in [-0.25, -0.2) is 9.59 Å². The van der Waals surface area contributed by atoms with Gasteiger partial charge < -0.3 is 39.3 Å². The fourth-order valence-electron chi connectivity index (χ4n) is 3.78. The molecule has 1 radical (unpaired) electrons. The molecule has 0 atom stereocenters. The van der Waals surface area contributed by atoms with Gasteiger partial charge in [-0.1, -0.05) is 60.7 Å². The first-order valence-electron chi connectivity index (χ1n) is 12.5. The van der Waals surface area contributed by atoms with Crippen molar-refractivity contribution in [2.45, 2.75) is 13.3 Å². The Balaban J connectivity index is 0.000000195. The van der Waals surface area contributed by atoms with Gasteiger partial charge in [0.15, 0.2) is 11.2 Å². The quantitative estimate of drug-likeness (QED) is 0.259. The Bertz CT molecular complexity index is 1760. The van der Waals surface area contributed by atoms with E-state index in [0.717, 1.165) is 22.4 Å². The summed E-state index contributed by atoms with van der Waals surface area (Å²) in [7, 11) is 0. The number of carboxylic acids is 2. The topological polar surface area (TPSA) is 175 Å². The number of para-hydroxylation sites is 6. The summed E-state index contributed by atoms with van der Waals surface area (Å²) in [4.78, 5) is 41.3. The molecule has 0 aliphatic heterocycles. The summed E-state index contributed by atoms with van der Waals surface area (Å²) in [5.41, 5.74) is 4.75. The maximum absolute atomic E-state index is 11.7. The summed E-state index contributed by atoms with van der Waals surface area (Å²) in [6, 6.07) is 34.3. The van der Waals surface area contributed by atoms with E-state index in [2.05, 4.69) is 10.6 Å². The van der Waals surface area contributed by atoms with E-state index in [1.165, 1.54) is 0 Å². The molecular formula is C30H24CoN4O8. The molecule has 6 aromatic rings. The first kappa shape index (κ1) is 32.0. The van der Waals surface area contributed by atoms with E-state index in [0.29, 0.717) is 24.5 Å². The van der Waals surface area contributed by atoms with Crippen molar-refractivity contribution < 1.29 is 45.4 Å². The predicted octanol–water partition coefficient (Wildman–Crippen LogP) is 1.81. The fraction of sp³-hybridized carbons (Fsp3) is 0.0667. The summed E-state index contributed by atoms with van der Waals surface area (Å²) in [6.07, 6.45) is 0. The molecule has 0 spiro atoms. The Morgan fingerprint density at radius 1 is 0.558 bits per heavy atom. The van der Waals surface area contributed by atoms with E-state index in [9.17, 15) is 9.59 Å². The van der Waals surface area contributed by atoms with Gasteiger partial charge in [0.25, 0.3) is 0 Å². The second-order valence-corrected chi connectivity index (χ2v) is 8.50. The molecule has 2 N–H and O–H groups in total. The van der Waals surface area contributed by atoms with Crippen molar-refractivity contribution in [1.82, 2.24) is 9.13 Å². The molecule has 6 rings (SSSR count). The Labute approximate surface area is 254 Å². The molecule has 221 valence electrons. The van der Waals surface area contributed by atoms with Crippen LogP contribution in [0, 0.1) is 0 Å². The number of anilines is 2. The molecule has 13 heteroatoms. The van der Waals surface area contributed by atoms with Crippen LogP contribution in [0.5, 0.6) is 0 Å². The van der Waals surface area contributed by atoms with Crippen LogP contribution in [0.2, 0.25) is 0 Å². The zero-order chi connectivity index (χ0) is 29.9. The van der Waals surface area contributed by atoms with Crippen LogP contribution < -0.4 is 32.4 Å². The number of rotatable bonds is 6. The van der Waals surface area contributed by atoms with E-state index in [1.54, 1.807) is 21.3 Å². The van der Waals surface area contributed by atoms with E-state index in [1.807, 2.05) is 97.1 Å². The summed E-state index contributed by atoms with van der Waals surface area (Å²) in [5.74, 6) is -5.07. The van der Waals surface area contributed by atoms with E-state index >= 15 is 0 Å². The number of carbonyl (C=O) groups excluding carboxylic acids is 2. The van der Waals surface area contributed by atoms with E-state index < -0.39 is 11.9 Å². The first-order chi connectivity index (χ1) is 20.3. The fourth-order valence-corrected chi connectivity index (χ4v) is 3.78. The third-order valence-corrected chi connectivity index (χ3v) is 5.74. The van der Waals surface area contributed by atoms with Crippen LogP contribution in [0.1, 0.15) is 0 Å². The smallest absolute Gasteiger partial charge is 0.543 e. The van der Waals surface area contributed by atoms with Gasteiger partial charge in [0.1, 0.15) is 0 Å². The Kier molecular flexibility index (Phi) is 11.5. The van der Waals surface area contributed by atoms with Gasteiger partial charge in [0, 0.05) is 11.4 Å². The number of aromatic nitrogens is 2. The predicted molar refractivity (Wildman–Crippen MR) is 151 cm³/mol. The minimum absolute atomic E-state index is 0. The standard InChI is InChI=1S/2C14H12N2O2.C2H2O4.Co/c2*17-14-16(10-15-11-6-2-1-3-7-11)12-8-4-5-9-13(12)18-14;3-1(4)2(5)6;/h2*1-9,15H,10H2;(H,3,4)(H,5,6);/q;;;+2/p-2. The Hall–Kier alpha value is -5.53. The summed E-state index contributed by atoms with van der Waals surface area (Å²) < 4.78 is 13.5. The van der Waals surface area contributed by atoms with Gasteiger partial charge in [-0.2, -0.15) is 0 Å². The molecule has 4 aromatic carbocycles. The molecular weight excluding hydrogens is 603 g/mol. The van der Waals surface area contributed by atoms with E-state index in [-0.39, 0.29) is 28.3 Å². The zero-order valence-corrected chi connectivity index (χ0v) is 23.3. The van der Waals surface area contributed by atoms with Gasteiger partial charge >= 0.3 is 28.3 Å². The molecule has 0 aliphatic rings. The molecule has 0 saturated carbocycles. The number of carboxylic acid groups (broad SMARTS) is 2. The van der Waals surface area contributed by atoms with Crippen LogP contribution >= 0.6 is 0 Å². The van der Waals surface area contributed by atoms with Gasteiger partial charge in [-0.3, -0.25) is 9.13 Å². The number of fused-ring (bicyclic) bond motifs is 2.